The molecule has 114 valence electrons. The summed E-state index contributed by atoms with van der Waals surface area (Å²) < 4.78 is 4.97. The minimum absolute atomic E-state index is 0.0485. The molecule has 1 heterocycles. The zero-order valence-corrected chi connectivity index (χ0v) is 12.9. The average Bonchev–Trinajstić information content (AvgIpc) is 3.29. The third-order valence-electron chi connectivity index (χ3n) is 4.78. The van der Waals surface area contributed by atoms with E-state index in [0.29, 0.717) is 6.04 Å². The predicted molar refractivity (Wildman–Crippen MR) is 83.4 cm³/mol. The lowest BCUT2D eigenvalue weighted by Gasteiger charge is -2.37. The molecule has 2 aliphatic rings. The Morgan fingerprint density at radius 3 is 2.62 bits per heavy atom. The Kier molecular flexibility index (Phi) is 3.89. The number of benzene rings is 1. The molecule has 2 fully saturated rings. The van der Waals surface area contributed by atoms with E-state index in [9.17, 15) is 4.79 Å². The number of aryl methyl sites for hydroxylation is 1. The highest BCUT2D eigenvalue weighted by molar-refractivity contribution is 5.84. The molecule has 0 unspecified atom stereocenters. The molecule has 0 radical (unpaired) electrons. The predicted octanol–water partition coefficient (Wildman–Crippen LogP) is 2.58. The van der Waals surface area contributed by atoms with Crippen LogP contribution in [0.2, 0.25) is 0 Å². The summed E-state index contributed by atoms with van der Waals surface area (Å²) in [6.07, 6.45) is 4.06. The Labute approximate surface area is 126 Å². The number of ether oxygens (including phenoxy) is 1. The van der Waals surface area contributed by atoms with Gasteiger partial charge in [-0.2, -0.15) is 0 Å². The number of nitrogens with zero attached hydrogens (tertiary/aromatic N) is 1. The van der Waals surface area contributed by atoms with Crippen molar-refractivity contribution in [3.8, 4) is 0 Å². The molecule has 4 nitrogen and oxygen atoms in total. The summed E-state index contributed by atoms with van der Waals surface area (Å²) in [6.45, 7) is 4.05. The van der Waals surface area contributed by atoms with Crippen molar-refractivity contribution in [3.05, 3.63) is 29.8 Å². The van der Waals surface area contributed by atoms with Crippen LogP contribution in [-0.4, -0.2) is 42.6 Å². The third kappa shape index (κ3) is 2.91. The van der Waals surface area contributed by atoms with Gasteiger partial charge in [-0.3, -0.25) is 9.69 Å². The highest BCUT2D eigenvalue weighted by Crippen LogP contribution is 2.44. The van der Waals surface area contributed by atoms with E-state index in [4.69, 9.17) is 4.74 Å². The molecule has 1 aromatic rings. The van der Waals surface area contributed by atoms with Gasteiger partial charge in [-0.25, -0.2) is 0 Å². The number of esters is 1. The molecule has 1 saturated carbocycles. The SMILES string of the molecule is COC(=O)C1(N2CCC(Nc3cccc(C)c3)CC2)CC1. The van der Waals surface area contributed by atoms with Gasteiger partial charge in [0.2, 0.25) is 0 Å². The van der Waals surface area contributed by atoms with E-state index >= 15 is 0 Å². The molecule has 0 atom stereocenters. The van der Waals surface area contributed by atoms with E-state index in [0.717, 1.165) is 38.8 Å². The lowest BCUT2D eigenvalue weighted by atomic mass is 10.0. The smallest absolute Gasteiger partial charge is 0.326 e. The van der Waals surface area contributed by atoms with Crippen molar-refractivity contribution in [2.24, 2.45) is 0 Å². The number of carbonyl (C=O) groups excluding carboxylic acids is 1. The van der Waals surface area contributed by atoms with Crippen molar-refractivity contribution in [2.45, 2.75) is 44.2 Å². The maximum Gasteiger partial charge on any atom is 0.326 e. The van der Waals surface area contributed by atoms with Crippen LogP contribution in [-0.2, 0) is 9.53 Å². The van der Waals surface area contributed by atoms with E-state index in [-0.39, 0.29) is 11.5 Å². The highest BCUT2D eigenvalue weighted by Gasteiger charge is 2.56. The van der Waals surface area contributed by atoms with Gasteiger partial charge in [0.15, 0.2) is 0 Å². The number of nitrogens with one attached hydrogen (secondary N) is 1. The summed E-state index contributed by atoms with van der Waals surface area (Å²) in [5, 5.41) is 3.61. The zero-order chi connectivity index (χ0) is 14.9. The Balaban J connectivity index is 1.55. The number of hydrogen-bond donors (Lipinski definition) is 1. The van der Waals surface area contributed by atoms with Gasteiger partial charge in [0.1, 0.15) is 5.54 Å². The van der Waals surface area contributed by atoms with Crippen LogP contribution in [0.4, 0.5) is 5.69 Å². The Morgan fingerprint density at radius 1 is 1.33 bits per heavy atom. The largest absolute Gasteiger partial charge is 0.468 e. The summed E-state index contributed by atoms with van der Waals surface area (Å²) in [6, 6.07) is 9.00. The minimum Gasteiger partial charge on any atom is -0.468 e. The molecule has 3 rings (SSSR count). The van der Waals surface area contributed by atoms with Gasteiger partial charge in [-0.1, -0.05) is 12.1 Å². The highest BCUT2D eigenvalue weighted by atomic mass is 16.5. The van der Waals surface area contributed by atoms with E-state index in [1.165, 1.54) is 18.4 Å². The molecule has 0 aromatic heterocycles. The van der Waals surface area contributed by atoms with E-state index in [1.54, 1.807) is 0 Å². The zero-order valence-electron chi connectivity index (χ0n) is 12.9. The molecule has 1 saturated heterocycles. The summed E-state index contributed by atoms with van der Waals surface area (Å²) >= 11 is 0. The van der Waals surface area contributed by atoms with Crippen molar-refractivity contribution in [1.29, 1.82) is 0 Å². The fraction of sp³-hybridized carbons (Fsp3) is 0.588. The first-order chi connectivity index (χ1) is 10.1. The number of piperidine rings is 1. The molecule has 1 aliphatic carbocycles. The number of rotatable bonds is 4. The maximum absolute atomic E-state index is 11.9. The second-order valence-electron chi connectivity index (χ2n) is 6.30. The van der Waals surface area contributed by atoms with E-state index in [1.807, 2.05) is 0 Å². The number of hydrogen-bond acceptors (Lipinski definition) is 4. The number of carbonyl (C=O) groups is 1. The lowest BCUT2D eigenvalue weighted by molar-refractivity contribution is -0.149. The van der Waals surface area contributed by atoms with Gasteiger partial charge in [-0.05, 0) is 50.3 Å². The maximum atomic E-state index is 11.9. The summed E-state index contributed by atoms with van der Waals surface area (Å²) in [4.78, 5) is 14.3. The quantitative estimate of drug-likeness (QED) is 0.865. The molecular formula is C17H24N2O2. The van der Waals surface area contributed by atoms with Crippen LogP contribution in [0.15, 0.2) is 24.3 Å². The fourth-order valence-electron chi connectivity index (χ4n) is 3.38. The van der Waals surface area contributed by atoms with Crippen LogP contribution in [0.3, 0.4) is 0 Å². The van der Waals surface area contributed by atoms with Crippen LogP contribution < -0.4 is 5.32 Å². The molecular weight excluding hydrogens is 264 g/mol. The van der Waals surface area contributed by atoms with E-state index in [2.05, 4.69) is 41.4 Å². The monoisotopic (exact) mass is 288 g/mol. The van der Waals surface area contributed by atoms with Gasteiger partial charge in [0.25, 0.3) is 0 Å². The third-order valence-corrected chi connectivity index (χ3v) is 4.78. The van der Waals surface area contributed by atoms with E-state index < -0.39 is 0 Å². The van der Waals surface area contributed by atoms with Gasteiger partial charge in [-0.15, -0.1) is 0 Å². The first kappa shape index (κ1) is 14.4. The number of likely N-dealkylation sites (tertiary alicyclic amines) is 1. The molecule has 1 aliphatic heterocycles. The van der Waals surface area contributed by atoms with Crippen LogP contribution in [0.25, 0.3) is 0 Å². The Hall–Kier alpha value is -1.55. The number of anilines is 1. The van der Waals surface area contributed by atoms with Gasteiger partial charge in [0.05, 0.1) is 7.11 Å². The Bertz CT molecular complexity index is 517. The number of methoxy groups -OCH3 is 1. The molecule has 0 spiro atoms. The molecule has 0 bridgehead atoms. The molecule has 1 N–H and O–H groups in total. The molecule has 4 heteroatoms. The van der Waals surface area contributed by atoms with Gasteiger partial charge >= 0.3 is 5.97 Å². The van der Waals surface area contributed by atoms with Crippen molar-refractivity contribution < 1.29 is 9.53 Å². The normalized spacial score (nSPS) is 21.8. The van der Waals surface area contributed by atoms with Crippen LogP contribution in [0.1, 0.15) is 31.2 Å². The molecule has 1 aromatic carbocycles. The van der Waals surface area contributed by atoms with Crippen LogP contribution in [0, 0.1) is 6.92 Å². The van der Waals surface area contributed by atoms with Gasteiger partial charge in [0, 0.05) is 24.8 Å². The Morgan fingerprint density at radius 2 is 2.05 bits per heavy atom. The van der Waals surface area contributed by atoms with Crippen LogP contribution in [0.5, 0.6) is 0 Å². The van der Waals surface area contributed by atoms with Crippen molar-refractivity contribution in [2.75, 3.05) is 25.5 Å². The summed E-state index contributed by atoms with van der Waals surface area (Å²) in [5.41, 5.74) is 2.19. The summed E-state index contributed by atoms with van der Waals surface area (Å²) in [5.74, 6) is -0.0485. The van der Waals surface area contributed by atoms with Crippen molar-refractivity contribution in [1.82, 2.24) is 4.90 Å². The lowest BCUT2D eigenvalue weighted by Crippen LogP contribution is -2.50. The molecule has 0 amide bonds. The second kappa shape index (κ2) is 5.68. The summed E-state index contributed by atoms with van der Waals surface area (Å²) in [7, 11) is 1.49. The fourth-order valence-corrected chi connectivity index (χ4v) is 3.38. The topological polar surface area (TPSA) is 41.6 Å². The standard InChI is InChI=1S/C17H24N2O2/c1-13-4-3-5-15(12-13)18-14-6-10-19(11-7-14)17(8-9-17)16(20)21-2/h3-5,12,14,18H,6-11H2,1-2H3. The minimum atomic E-state index is -0.289. The van der Waals surface area contributed by atoms with Gasteiger partial charge < -0.3 is 10.1 Å². The van der Waals surface area contributed by atoms with Crippen molar-refractivity contribution >= 4 is 11.7 Å². The van der Waals surface area contributed by atoms with Crippen LogP contribution >= 0.6 is 0 Å². The first-order valence-electron chi connectivity index (χ1n) is 7.81. The molecule has 21 heavy (non-hydrogen) atoms. The first-order valence-corrected chi connectivity index (χ1v) is 7.81. The second-order valence-corrected chi connectivity index (χ2v) is 6.30. The van der Waals surface area contributed by atoms with Crippen molar-refractivity contribution in [3.63, 3.8) is 0 Å². The average molecular weight is 288 g/mol.